The molecule has 0 saturated heterocycles. The average Bonchev–Trinajstić information content (AvgIpc) is 2.70. The van der Waals surface area contributed by atoms with E-state index >= 15 is 0 Å². The predicted octanol–water partition coefficient (Wildman–Crippen LogP) is 5.29. The molecule has 0 aromatic carbocycles. The number of rotatable bonds is 11. The van der Waals surface area contributed by atoms with Crippen LogP contribution in [-0.2, 0) is 4.79 Å². The van der Waals surface area contributed by atoms with Crippen molar-refractivity contribution in [3.63, 3.8) is 0 Å². The van der Waals surface area contributed by atoms with Gasteiger partial charge in [-0.1, -0.05) is 79.6 Å². The summed E-state index contributed by atoms with van der Waals surface area (Å²) in [6.07, 6.45) is 12.9. The molecule has 1 amide bonds. The highest BCUT2D eigenvalue weighted by atomic mass is 16.3. The molecule has 176 valence electrons. The maximum absolute atomic E-state index is 12.8. The maximum Gasteiger partial charge on any atom is 0.223 e. The van der Waals surface area contributed by atoms with Gasteiger partial charge in [-0.15, -0.1) is 0 Å². The number of amides is 1. The van der Waals surface area contributed by atoms with E-state index in [1.165, 1.54) is 57.8 Å². The van der Waals surface area contributed by atoms with E-state index in [0.29, 0.717) is 24.9 Å². The van der Waals surface area contributed by atoms with Gasteiger partial charge in [-0.25, -0.2) is 0 Å². The molecule has 0 heterocycles. The van der Waals surface area contributed by atoms with Crippen LogP contribution in [0.3, 0.4) is 0 Å². The topological polar surface area (TPSA) is 61.4 Å². The summed E-state index contributed by atoms with van der Waals surface area (Å²) in [6.45, 7) is 11.5. The molecule has 0 aromatic heterocycles. The number of aliphatic hydroxyl groups is 1. The highest BCUT2D eigenvalue weighted by Gasteiger charge is 2.32. The summed E-state index contributed by atoms with van der Waals surface area (Å²) >= 11 is 0. The van der Waals surface area contributed by atoms with E-state index in [4.69, 9.17) is 0 Å². The third-order valence-electron chi connectivity index (χ3n) is 7.48. The van der Waals surface area contributed by atoms with Crippen molar-refractivity contribution >= 4 is 5.91 Å². The highest BCUT2D eigenvalue weighted by molar-refractivity contribution is 5.78. The molecule has 0 aliphatic heterocycles. The van der Waals surface area contributed by atoms with E-state index in [1.54, 1.807) is 0 Å². The van der Waals surface area contributed by atoms with Crippen molar-refractivity contribution in [1.29, 1.82) is 0 Å². The molecule has 0 bridgehead atoms. The van der Waals surface area contributed by atoms with Gasteiger partial charge in [-0.3, -0.25) is 4.79 Å². The Morgan fingerprint density at radius 1 is 1.00 bits per heavy atom. The van der Waals surface area contributed by atoms with Crippen LogP contribution >= 0.6 is 0 Å². The molecule has 2 rings (SSSR count). The number of hydrogen-bond donors (Lipinski definition) is 3. The van der Waals surface area contributed by atoms with Gasteiger partial charge in [-0.05, 0) is 49.4 Å². The lowest BCUT2D eigenvalue weighted by molar-refractivity contribution is -0.127. The first-order valence-corrected chi connectivity index (χ1v) is 13.0. The van der Waals surface area contributed by atoms with Gasteiger partial charge >= 0.3 is 0 Å². The molecule has 2 saturated carbocycles. The van der Waals surface area contributed by atoms with E-state index < -0.39 is 6.10 Å². The van der Waals surface area contributed by atoms with Crippen LogP contribution in [0.25, 0.3) is 0 Å². The lowest BCUT2D eigenvalue weighted by atomic mass is 9.80. The van der Waals surface area contributed by atoms with Crippen LogP contribution in [0.4, 0.5) is 0 Å². The van der Waals surface area contributed by atoms with Gasteiger partial charge in [0.15, 0.2) is 0 Å². The summed E-state index contributed by atoms with van der Waals surface area (Å²) in [5, 5.41) is 18.3. The van der Waals surface area contributed by atoms with Crippen molar-refractivity contribution in [2.45, 2.75) is 123 Å². The first kappa shape index (κ1) is 25.6. The number of nitrogens with one attached hydrogen (secondary N) is 2. The normalized spacial score (nSPS) is 26.5. The molecule has 5 atom stereocenters. The largest absolute Gasteiger partial charge is 0.391 e. The van der Waals surface area contributed by atoms with Gasteiger partial charge in [0.25, 0.3) is 0 Å². The number of hydrogen-bond acceptors (Lipinski definition) is 3. The summed E-state index contributed by atoms with van der Waals surface area (Å²) in [6, 6.07) is 0.631. The van der Waals surface area contributed by atoms with Gasteiger partial charge < -0.3 is 15.7 Å². The Balaban J connectivity index is 2.02. The second-order valence-electron chi connectivity index (χ2n) is 11.3. The molecule has 0 radical (unpaired) electrons. The van der Waals surface area contributed by atoms with E-state index in [2.05, 4.69) is 45.3 Å². The monoisotopic (exact) mass is 422 g/mol. The molecule has 4 heteroatoms. The van der Waals surface area contributed by atoms with Crippen molar-refractivity contribution in [3.8, 4) is 0 Å². The predicted molar refractivity (Wildman–Crippen MR) is 126 cm³/mol. The minimum absolute atomic E-state index is 0.112. The third kappa shape index (κ3) is 8.86. The number of aliphatic hydroxyl groups excluding tert-OH is 1. The van der Waals surface area contributed by atoms with E-state index in [1.807, 2.05) is 0 Å². The fraction of sp³-hybridized carbons (Fsp3) is 0.962. The first-order chi connectivity index (χ1) is 14.3. The standard InChI is InChI=1S/C26H50N2O2/c1-18(2)17-27-26(30)23(19(3)4)16-25(29)24(15-21-11-7-6-8-12-21)28-22-13-9-10-20(5)14-22/h18-25,28-29H,6-17H2,1-5H3,(H,27,30). The second-order valence-corrected chi connectivity index (χ2v) is 11.3. The fourth-order valence-electron chi connectivity index (χ4n) is 5.55. The number of carbonyl (C=O) groups excluding carboxylic acids is 1. The van der Waals surface area contributed by atoms with Crippen molar-refractivity contribution in [2.24, 2.45) is 29.6 Å². The summed E-state index contributed by atoms with van der Waals surface area (Å²) in [7, 11) is 0. The van der Waals surface area contributed by atoms with Crippen molar-refractivity contribution < 1.29 is 9.90 Å². The Bertz CT molecular complexity index is 487. The zero-order valence-corrected chi connectivity index (χ0v) is 20.5. The maximum atomic E-state index is 12.8. The highest BCUT2D eigenvalue weighted by Crippen LogP contribution is 2.31. The molecule has 0 aromatic rings. The van der Waals surface area contributed by atoms with Gasteiger partial charge in [-0.2, -0.15) is 0 Å². The summed E-state index contributed by atoms with van der Waals surface area (Å²) in [4.78, 5) is 12.8. The second kappa shape index (κ2) is 13.1. The summed E-state index contributed by atoms with van der Waals surface area (Å²) < 4.78 is 0. The fourth-order valence-corrected chi connectivity index (χ4v) is 5.55. The van der Waals surface area contributed by atoms with E-state index in [0.717, 1.165) is 18.3 Å². The summed E-state index contributed by atoms with van der Waals surface area (Å²) in [5.41, 5.74) is 0. The van der Waals surface area contributed by atoms with Crippen LogP contribution in [-0.4, -0.2) is 35.7 Å². The average molecular weight is 423 g/mol. The molecule has 5 unspecified atom stereocenters. The quantitative estimate of drug-likeness (QED) is 0.424. The van der Waals surface area contributed by atoms with Crippen LogP contribution in [0, 0.1) is 29.6 Å². The molecular formula is C26H50N2O2. The zero-order valence-electron chi connectivity index (χ0n) is 20.5. The van der Waals surface area contributed by atoms with Gasteiger partial charge in [0, 0.05) is 24.5 Å². The van der Waals surface area contributed by atoms with Crippen LogP contribution in [0.5, 0.6) is 0 Å². The van der Waals surface area contributed by atoms with Crippen LogP contribution in [0.15, 0.2) is 0 Å². The van der Waals surface area contributed by atoms with Crippen molar-refractivity contribution in [3.05, 3.63) is 0 Å². The van der Waals surface area contributed by atoms with Crippen molar-refractivity contribution in [2.75, 3.05) is 6.54 Å². The smallest absolute Gasteiger partial charge is 0.223 e. The minimum Gasteiger partial charge on any atom is -0.391 e. The Labute approximate surface area is 186 Å². The Kier molecular flexibility index (Phi) is 11.2. The van der Waals surface area contributed by atoms with Gasteiger partial charge in [0.2, 0.25) is 5.91 Å². The molecule has 2 fully saturated rings. The van der Waals surface area contributed by atoms with Gasteiger partial charge in [0.05, 0.1) is 6.10 Å². The van der Waals surface area contributed by atoms with Gasteiger partial charge in [0.1, 0.15) is 0 Å². The molecular weight excluding hydrogens is 372 g/mol. The minimum atomic E-state index is -0.457. The summed E-state index contributed by atoms with van der Waals surface area (Å²) in [5.74, 6) is 2.16. The molecule has 2 aliphatic carbocycles. The Morgan fingerprint density at radius 3 is 2.30 bits per heavy atom. The Morgan fingerprint density at radius 2 is 1.70 bits per heavy atom. The zero-order chi connectivity index (χ0) is 22.1. The first-order valence-electron chi connectivity index (χ1n) is 13.0. The molecule has 0 spiro atoms. The molecule has 2 aliphatic rings. The van der Waals surface area contributed by atoms with Crippen LogP contribution < -0.4 is 10.6 Å². The SMILES string of the molecule is CC(C)CNC(=O)C(CC(O)C(CC1CCCCC1)NC1CCCC(C)C1)C(C)C. The lowest BCUT2D eigenvalue weighted by Crippen LogP contribution is -2.49. The number of carbonyl (C=O) groups is 1. The lowest BCUT2D eigenvalue weighted by Gasteiger charge is -2.37. The molecule has 4 nitrogen and oxygen atoms in total. The third-order valence-corrected chi connectivity index (χ3v) is 7.48. The van der Waals surface area contributed by atoms with E-state index in [-0.39, 0.29) is 23.8 Å². The Hall–Kier alpha value is -0.610. The van der Waals surface area contributed by atoms with E-state index in [9.17, 15) is 9.90 Å². The van der Waals surface area contributed by atoms with Crippen LogP contribution in [0.2, 0.25) is 0 Å². The molecule has 30 heavy (non-hydrogen) atoms. The van der Waals surface area contributed by atoms with Crippen molar-refractivity contribution in [1.82, 2.24) is 10.6 Å². The molecule has 3 N–H and O–H groups in total. The van der Waals surface area contributed by atoms with Crippen LogP contribution in [0.1, 0.15) is 105 Å².